The third-order valence-electron chi connectivity index (χ3n) is 5.47. The van der Waals surface area contributed by atoms with Gasteiger partial charge in [0.2, 0.25) is 5.91 Å². The topological polar surface area (TPSA) is 123 Å². The highest BCUT2D eigenvalue weighted by molar-refractivity contribution is 5.91. The Morgan fingerprint density at radius 2 is 2.00 bits per heavy atom. The quantitative estimate of drug-likeness (QED) is 0.582. The zero-order valence-electron chi connectivity index (χ0n) is 18.6. The molecule has 0 saturated carbocycles. The van der Waals surface area contributed by atoms with E-state index in [1.54, 1.807) is 10.7 Å². The molecule has 0 atom stereocenters. The molecule has 0 aliphatic rings. The fraction of sp³-hybridized carbons (Fsp3) is 0.391. The Bertz CT molecular complexity index is 1120. The number of carbonyl (C=O) groups is 1. The zero-order chi connectivity index (χ0) is 22.8. The highest BCUT2D eigenvalue weighted by Crippen LogP contribution is 2.30. The van der Waals surface area contributed by atoms with Crippen molar-refractivity contribution in [2.75, 3.05) is 11.1 Å². The minimum Gasteiger partial charge on any atom is -0.383 e. The predicted octanol–water partition coefficient (Wildman–Crippen LogP) is 4.44. The number of nitrogens with two attached hydrogens (primary N) is 1. The van der Waals surface area contributed by atoms with Gasteiger partial charge >= 0.3 is 0 Å². The Labute approximate surface area is 182 Å². The average molecular weight is 421 g/mol. The molecule has 2 aromatic heterocycles. The minimum atomic E-state index is -0.187. The number of amides is 1. The van der Waals surface area contributed by atoms with Crippen molar-refractivity contribution in [2.24, 2.45) is 0 Å². The minimum absolute atomic E-state index is 0.0452. The summed E-state index contributed by atoms with van der Waals surface area (Å²) in [6.07, 6.45) is 1.09. The van der Waals surface area contributed by atoms with E-state index in [0.717, 1.165) is 23.3 Å². The van der Waals surface area contributed by atoms with E-state index in [1.807, 2.05) is 38.1 Å². The molecule has 31 heavy (non-hydrogen) atoms. The predicted molar refractivity (Wildman–Crippen MR) is 119 cm³/mol. The van der Waals surface area contributed by atoms with E-state index < -0.39 is 0 Å². The highest BCUT2D eigenvalue weighted by atomic mass is 16.5. The second kappa shape index (κ2) is 8.64. The van der Waals surface area contributed by atoms with Crippen LogP contribution >= 0.6 is 0 Å². The number of aromatic nitrogens is 3. The third kappa shape index (κ3) is 4.61. The summed E-state index contributed by atoms with van der Waals surface area (Å²) in [6, 6.07) is 11.3. The summed E-state index contributed by atoms with van der Waals surface area (Å²) in [5.74, 6) is 1.32. The van der Waals surface area contributed by atoms with Crippen LogP contribution < -0.4 is 11.1 Å². The van der Waals surface area contributed by atoms with Crippen LogP contribution in [-0.4, -0.2) is 20.8 Å². The van der Waals surface area contributed by atoms with Gasteiger partial charge in [-0.25, -0.2) is 4.68 Å². The Morgan fingerprint density at radius 3 is 2.58 bits per heavy atom. The van der Waals surface area contributed by atoms with Crippen LogP contribution in [0.5, 0.6) is 0 Å². The van der Waals surface area contributed by atoms with Gasteiger partial charge in [-0.05, 0) is 25.8 Å². The SMILES string of the molecule is CCC(C)(C)c1cc(NC(=O)Cc2ccc(-c3nn(C(C)C)c(N)c3C#N)cc2)no1. The Kier molecular flexibility index (Phi) is 6.16. The van der Waals surface area contributed by atoms with Crippen LogP contribution in [0.25, 0.3) is 11.3 Å². The van der Waals surface area contributed by atoms with Crippen LogP contribution in [0.3, 0.4) is 0 Å². The summed E-state index contributed by atoms with van der Waals surface area (Å²) in [5, 5.41) is 20.7. The van der Waals surface area contributed by atoms with Gasteiger partial charge < -0.3 is 15.6 Å². The first-order chi connectivity index (χ1) is 14.7. The van der Waals surface area contributed by atoms with E-state index in [2.05, 4.69) is 42.4 Å². The molecule has 0 radical (unpaired) electrons. The monoisotopic (exact) mass is 420 g/mol. The van der Waals surface area contributed by atoms with E-state index >= 15 is 0 Å². The summed E-state index contributed by atoms with van der Waals surface area (Å²) in [4.78, 5) is 12.4. The number of benzene rings is 1. The number of nitrogens with zero attached hydrogens (tertiary/aromatic N) is 4. The summed E-state index contributed by atoms with van der Waals surface area (Å²) in [5.41, 5.74) is 8.43. The average Bonchev–Trinajstić information content (AvgIpc) is 3.33. The molecule has 0 unspecified atom stereocenters. The molecule has 0 bridgehead atoms. The van der Waals surface area contributed by atoms with Crippen molar-refractivity contribution in [1.29, 1.82) is 5.26 Å². The van der Waals surface area contributed by atoms with Gasteiger partial charge in [0.15, 0.2) is 5.82 Å². The Balaban J connectivity index is 1.71. The molecule has 162 valence electrons. The van der Waals surface area contributed by atoms with Crippen LogP contribution in [0.2, 0.25) is 0 Å². The van der Waals surface area contributed by atoms with Crippen LogP contribution in [0.1, 0.15) is 64.0 Å². The van der Waals surface area contributed by atoms with Crippen molar-refractivity contribution in [3.05, 3.63) is 47.2 Å². The number of carbonyl (C=O) groups excluding carboxylic acids is 1. The molecule has 0 fully saturated rings. The summed E-state index contributed by atoms with van der Waals surface area (Å²) >= 11 is 0. The molecule has 0 saturated heterocycles. The normalized spacial score (nSPS) is 11.5. The van der Waals surface area contributed by atoms with Gasteiger partial charge in [-0.1, -0.05) is 50.2 Å². The Morgan fingerprint density at radius 1 is 1.32 bits per heavy atom. The van der Waals surface area contributed by atoms with E-state index in [1.165, 1.54) is 0 Å². The fourth-order valence-corrected chi connectivity index (χ4v) is 3.13. The lowest BCUT2D eigenvalue weighted by atomic mass is 9.87. The van der Waals surface area contributed by atoms with Crippen molar-refractivity contribution in [3.8, 4) is 17.3 Å². The molecule has 3 N–H and O–H groups in total. The van der Waals surface area contributed by atoms with Crippen molar-refractivity contribution in [3.63, 3.8) is 0 Å². The van der Waals surface area contributed by atoms with Gasteiger partial charge in [-0.3, -0.25) is 4.79 Å². The van der Waals surface area contributed by atoms with Crippen molar-refractivity contribution in [1.82, 2.24) is 14.9 Å². The highest BCUT2D eigenvalue weighted by Gasteiger charge is 2.24. The molecular formula is C23H28N6O2. The van der Waals surface area contributed by atoms with Gasteiger partial charge in [0.05, 0.1) is 6.42 Å². The number of hydrogen-bond acceptors (Lipinski definition) is 6. The number of nitriles is 1. The zero-order valence-corrected chi connectivity index (χ0v) is 18.6. The van der Waals surface area contributed by atoms with E-state index in [-0.39, 0.29) is 23.8 Å². The standard InChI is InChI=1S/C23H28N6O2/c1-6-23(4,5)18-12-19(28-31-18)26-20(30)11-15-7-9-16(10-8-15)21-17(13-24)22(25)29(27-21)14(2)3/h7-10,12,14H,6,11,25H2,1-5H3,(H,26,28,30). The van der Waals surface area contributed by atoms with Gasteiger partial charge in [-0.15, -0.1) is 0 Å². The van der Waals surface area contributed by atoms with Crippen LogP contribution in [0.4, 0.5) is 11.6 Å². The maximum atomic E-state index is 12.4. The molecule has 0 aliphatic heterocycles. The van der Waals surface area contributed by atoms with Crippen molar-refractivity contribution >= 4 is 17.5 Å². The maximum Gasteiger partial charge on any atom is 0.230 e. The molecule has 2 heterocycles. The number of anilines is 2. The molecule has 8 heteroatoms. The van der Waals surface area contributed by atoms with Crippen LogP contribution in [-0.2, 0) is 16.6 Å². The summed E-state index contributed by atoms with van der Waals surface area (Å²) < 4.78 is 7.02. The number of nitrogens with one attached hydrogen (secondary N) is 1. The Hall–Kier alpha value is -3.60. The molecule has 0 aliphatic carbocycles. The van der Waals surface area contributed by atoms with Crippen LogP contribution in [0, 0.1) is 11.3 Å². The van der Waals surface area contributed by atoms with E-state index in [9.17, 15) is 10.1 Å². The molecule has 1 amide bonds. The summed E-state index contributed by atoms with van der Waals surface area (Å²) in [7, 11) is 0. The molecule has 8 nitrogen and oxygen atoms in total. The van der Waals surface area contributed by atoms with Crippen LogP contribution in [0.15, 0.2) is 34.9 Å². The smallest absolute Gasteiger partial charge is 0.230 e. The lowest BCUT2D eigenvalue weighted by molar-refractivity contribution is -0.115. The third-order valence-corrected chi connectivity index (χ3v) is 5.47. The number of nitrogen functional groups attached to an aromatic ring is 1. The molecule has 3 rings (SSSR count). The first kappa shape index (κ1) is 22.1. The lowest BCUT2D eigenvalue weighted by Crippen LogP contribution is -2.15. The maximum absolute atomic E-state index is 12.4. The van der Waals surface area contributed by atoms with Crippen molar-refractivity contribution in [2.45, 2.75) is 58.9 Å². The first-order valence-corrected chi connectivity index (χ1v) is 10.3. The second-order valence-corrected chi connectivity index (χ2v) is 8.49. The second-order valence-electron chi connectivity index (χ2n) is 8.49. The molecule has 0 spiro atoms. The first-order valence-electron chi connectivity index (χ1n) is 10.3. The van der Waals surface area contributed by atoms with E-state index in [4.69, 9.17) is 10.3 Å². The van der Waals surface area contributed by atoms with Crippen molar-refractivity contribution < 1.29 is 9.32 Å². The molecule has 1 aromatic carbocycles. The van der Waals surface area contributed by atoms with Gasteiger partial charge in [0.1, 0.15) is 28.9 Å². The fourth-order valence-electron chi connectivity index (χ4n) is 3.13. The van der Waals surface area contributed by atoms with Gasteiger partial charge in [0, 0.05) is 23.1 Å². The number of hydrogen-bond donors (Lipinski definition) is 2. The molecule has 3 aromatic rings. The summed E-state index contributed by atoms with van der Waals surface area (Å²) in [6.45, 7) is 10.1. The number of rotatable bonds is 7. The lowest BCUT2D eigenvalue weighted by Gasteiger charge is -2.17. The molecular weight excluding hydrogens is 392 g/mol. The van der Waals surface area contributed by atoms with Gasteiger partial charge in [-0.2, -0.15) is 10.4 Å². The van der Waals surface area contributed by atoms with Gasteiger partial charge in [0.25, 0.3) is 0 Å². The van der Waals surface area contributed by atoms with E-state index in [0.29, 0.717) is 22.9 Å². The largest absolute Gasteiger partial charge is 0.383 e.